The van der Waals surface area contributed by atoms with E-state index in [0.717, 1.165) is 58.0 Å². The average molecular weight is 496 g/mol. The molecule has 3 aromatic carbocycles. The fourth-order valence-electron chi connectivity index (χ4n) is 4.88. The number of amidine groups is 1. The number of aliphatic imine (C=N–C) groups is 1. The van der Waals surface area contributed by atoms with Gasteiger partial charge in [-0.05, 0) is 47.0 Å². The van der Waals surface area contributed by atoms with Crippen LogP contribution in [0.25, 0.3) is 28.1 Å². The molecule has 174 valence electrons. The van der Waals surface area contributed by atoms with Gasteiger partial charge in [-0.3, -0.25) is 9.69 Å². The second-order valence-corrected chi connectivity index (χ2v) is 10.8. The smallest absolute Gasteiger partial charge is 0.267 e. The minimum atomic E-state index is 0.0634. The van der Waals surface area contributed by atoms with Gasteiger partial charge in [0, 0.05) is 17.0 Å². The molecule has 4 aromatic rings. The highest BCUT2D eigenvalue weighted by atomic mass is 32.2. The number of rotatable bonds is 4. The molecule has 0 radical (unpaired) electrons. The lowest BCUT2D eigenvalue weighted by atomic mass is 9.94. The van der Waals surface area contributed by atoms with Crippen LogP contribution in [-0.2, 0) is 4.79 Å². The summed E-state index contributed by atoms with van der Waals surface area (Å²) in [6.45, 7) is 0. The first-order valence-electron chi connectivity index (χ1n) is 12.1. The van der Waals surface area contributed by atoms with E-state index >= 15 is 0 Å². The maximum Gasteiger partial charge on any atom is 0.267 e. The Morgan fingerprint density at radius 1 is 0.914 bits per heavy atom. The van der Waals surface area contributed by atoms with E-state index in [0.29, 0.717) is 5.13 Å². The van der Waals surface area contributed by atoms with Gasteiger partial charge in [0.15, 0.2) is 5.17 Å². The summed E-state index contributed by atoms with van der Waals surface area (Å²) in [4.78, 5) is 26.1. The third-order valence-corrected chi connectivity index (χ3v) is 8.36. The van der Waals surface area contributed by atoms with E-state index < -0.39 is 0 Å². The van der Waals surface area contributed by atoms with Gasteiger partial charge < -0.3 is 0 Å². The minimum Gasteiger partial charge on any atom is -0.283 e. The maximum absolute atomic E-state index is 13.7. The number of aromatic nitrogens is 1. The van der Waals surface area contributed by atoms with Crippen molar-refractivity contribution in [3.63, 3.8) is 0 Å². The zero-order chi connectivity index (χ0) is 23.6. The number of hydrogen-bond donors (Lipinski definition) is 0. The molecule has 1 saturated carbocycles. The Balaban J connectivity index is 1.38. The number of nitrogens with zero attached hydrogens (tertiary/aromatic N) is 3. The highest BCUT2D eigenvalue weighted by Crippen LogP contribution is 2.40. The number of carbonyl (C=O) groups excluding carboxylic acids is 1. The van der Waals surface area contributed by atoms with E-state index in [1.807, 2.05) is 52.8 Å². The van der Waals surface area contributed by atoms with Gasteiger partial charge in [-0.15, -0.1) is 11.3 Å². The number of hydrogen-bond acceptors (Lipinski definition) is 5. The van der Waals surface area contributed by atoms with Crippen molar-refractivity contribution in [1.82, 2.24) is 9.88 Å². The molecule has 2 heterocycles. The van der Waals surface area contributed by atoms with E-state index in [1.54, 1.807) is 0 Å². The van der Waals surface area contributed by atoms with Crippen molar-refractivity contribution >= 4 is 56.2 Å². The lowest BCUT2D eigenvalue weighted by Crippen LogP contribution is -2.40. The van der Waals surface area contributed by atoms with Crippen molar-refractivity contribution < 1.29 is 4.79 Å². The van der Waals surface area contributed by atoms with Crippen molar-refractivity contribution in [2.75, 3.05) is 0 Å². The SMILES string of the molecule is O=C1/C(=C/c2cccc3ccccc23)S/C(=N/c2nc(-c3ccccc3)cs2)N1C1CCCCC1. The van der Waals surface area contributed by atoms with Crippen molar-refractivity contribution in [3.05, 3.63) is 88.6 Å². The number of thioether (sulfide) groups is 1. The number of fused-ring (bicyclic) bond motifs is 1. The van der Waals surface area contributed by atoms with Gasteiger partial charge in [-0.1, -0.05) is 92.1 Å². The van der Waals surface area contributed by atoms with E-state index in [-0.39, 0.29) is 11.9 Å². The van der Waals surface area contributed by atoms with E-state index in [2.05, 4.69) is 36.4 Å². The molecular formula is C29H25N3OS2. The molecule has 0 spiro atoms. The molecule has 1 aliphatic heterocycles. The molecule has 0 atom stereocenters. The summed E-state index contributed by atoms with van der Waals surface area (Å²) in [5, 5.41) is 5.80. The summed E-state index contributed by atoms with van der Waals surface area (Å²) < 4.78 is 0. The number of thiazole rings is 1. The van der Waals surface area contributed by atoms with Crippen LogP contribution in [-0.4, -0.2) is 27.0 Å². The maximum atomic E-state index is 13.7. The molecule has 1 saturated heterocycles. The minimum absolute atomic E-state index is 0.0634. The second-order valence-electron chi connectivity index (χ2n) is 8.92. The first-order chi connectivity index (χ1) is 17.3. The van der Waals surface area contributed by atoms with Crippen LogP contribution in [0.1, 0.15) is 37.7 Å². The van der Waals surface area contributed by atoms with Gasteiger partial charge in [0.25, 0.3) is 5.91 Å². The zero-order valence-electron chi connectivity index (χ0n) is 19.3. The highest BCUT2D eigenvalue weighted by molar-refractivity contribution is 8.18. The van der Waals surface area contributed by atoms with Crippen molar-refractivity contribution in [2.45, 2.75) is 38.1 Å². The van der Waals surface area contributed by atoms with Crippen LogP contribution >= 0.6 is 23.1 Å². The molecule has 2 aliphatic rings. The van der Waals surface area contributed by atoms with Gasteiger partial charge in [-0.25, -0.2) is 4.98 Å². The molecule has 35 heavy (non-hydrogen) atoms. The largest absolute Gasteiger partial charge is 0.283 e. The molecule has 4 nitrogen and oxygen atoms in total. The summed E-state index contributed by atoms with van der Waals surface area (Å²) >= 11 is 3.00. The fraction of sp³-hybridized carbons (Fsp3) is 0.207. The predicted molar refractivity (Wildman–Crippen MR) is 148 cm³/mol. The highest BCUT2D eigenvalue weighted by Gasteiger charge is 2.39. The third-order valence-electron chi connectivity index (χ3n) is 6.64. The van der Waals surface area contributed by atoms with Gasteiger partial charge in [0.2, 0.25) is 5.13 Å². The van der Waals surface area contributed by atoms with E-state index in [9.17, 15) is 4.79 Å². The summed E-state index contributed by atoms with van der Waals surface area (Å²) in [6.07, 6.45) is 7.64. The number of amides is 1. The van der Waals surface area contributed by atoms with Gasteiger partial charge in [0.1, 0.15) is 0 Å². The summed E-state index contributed by atoms with van der Waals surface area (Å²) in [6, 6.07) is 24.9. The Kier molecular flexibility index (Phi) is 6.23. The molecule has 6 heteroatoms. The number of carbonyl (C=O) groups is 1. The van der Waals surface area contributed by atoms with Gasteiger partial charge in [-0.2, -0.15) is 4.99 Å². The standard InChI is InChI=1S/C29H25N3OS2/c33-27-26(18-22-14-9-13-20-10-7-8-17-24(20)22)35-29(32(27)23-15-5-2-6-16-23)31-28-30-25(19-34-28)21-11-3-1-4-12-21/h1,3-4,7-14,17-19,23H,2,5-6,15-16H2/b26-18-,31-29+. The van der Waals surface area contributed by atoms with Crippen molar-refractivity contribution in [2.24, 2.45) is 4.99 Å². The average Bonchev–Trinajstić information content (AvgIpc) is 3.50. The molecule has 6 rings (SSSR count). The molecular weight excluding hydrogens is 470 g/mol. The van der Waals surface area contributed by atoms with Gasteiger partial charge >= 0.3 is 0 Å². The summed E-state index contributed by atoms with van der Waals surface area (Å²) in [7, 11) is 0. The number of benzene rings is 3. The van der Waals surface area contributed by atoms with Crippen LogP contribution in [0.15, 0.2) is 88.1 Å². The molecule has 0 N–H and O–H groups in total. The molecule has 1 aromatic heterocycles. The summed E-state index contributed by atoms with van der Waals surface area (Å²) in [5.41, 5.74) is 3.05. The summed E-state index contributed by atoms with van der Waals surface area (Å²) in [5.74, 6) is 0.0634. The monoisotopic (exact) mass is 495 g/mol. The molecule has 1 aliphatic carbocycles. The Labute approximate surface area is 213 Å². The normalized spacial score (nSPS) is 19.3. The van der Waals surface area contributed by atoms with Crippen LogP contribution in [0.3, 0.4) is 0 Å². The quantitative estimate of drug-likeness (QED) is 0.270. The lowest BCUT2D eigenvalue weighted by Gasteiger charge is -2.30. The topological polar surface area (TPSA) is 45.6 Å². The van der Waals surface area contributed by atoms with Crippen LogP contribution < -0.4 is 0 Å². The Morgan fingerprint density at radius 2 is 1.69 bits per heavy atom. The van der Waals surface area contributed by atoms with Gasteiger partial charge in [0.05, 0.1) is 10.6 Å². The van der Waals surface area contributed by atoms with E-state index in [4.69, 9.17) is 9.98 Å². The van der Waals surface area contributed by atoms with Crippen molar-refractivity contribution in [1.29, 1.82) is 0 Å². The Hall–Kier alpha value is -3.22. The van der Waals surface area contributed by atoms with Crippen LogP contribution in [0.2, 0.25) is 0 Å². The molecule has 0 bridgehead atoms. The van der Waals surface area contributed by atoms with Crippen molar-refractivity contribution in [3.8, 4) is 11.3 Å². The first-order valence-corrected chi connectivity index (χ1v) is 13.8. The predicted octanol–water partition coefficient (Wildman–Crippen LogP) is 7.90. The Bertz CT molecular complexity index is 1430. The molecule has 0 unspecified atom stereocenters. The van der Waals surface area contributed by atoms with Crippen LogP contribution in [0.4, 0.5) is 5.13 Å². The zero-order valence-corrected chi connectivity index (χ0v) is 20.9. The lowest BCUT2D eigenvalue weighted by molar-refractivity contribution is -0.124. The molecule has 2 fully saturated rings. The first kappa shape index (κ1) is 22.3. The second kappa shape index (κ2) is 9.80. The fourth-order valence-corrected chi connectivity index (χ4v) is 6.67. The Morgan fingerprint density at radius 3 is 2.54 bits per heavy atom. The van der Waals surface area contributed by atoms with E-state index in [1.165, 1.54) is 34.9 Å². The van der Waals surface area contributed by atoms with Crippen LogP contribution in [0, 0.1) is 0 Å². The third kappa shape index (κ3) is 4.56. The molecule has 1 amide bonds. The van der Waals surface area contributed by atoms with Crippen LogP contribution in [0.5, 0.6) is 0 Å².